The highest BCUT2D eigenvalue weighted by Gasteiger charge is 2.20. The molecule has 4 aromatic rings. The van der Waals surface area contributed by atoms with Crippen molar-refractivity contribution >= 4 is 22.6 Å². The van der Waals surface area contributed by atoms with E-state index in [-0.39, 0.29) is 13.4 Å². The SMILES string of the molecule is OCCn1cnc2cc(-n3ccnc3-c3cc4c(cc3Cl)OCO4)ccc21. The zero-order chi connectivity index (χ0) is 18.4. The van der Waals surface area contributed by atoms with Gasteiger partial charge in [0.15, 0.2) is 11.5 Å². The van der Waals surface area contributed by atoms with Crippen LogP contribution in [0.15, 0.2) is 49.1 Å². The fourth-order valence-corrected chi connectivity index (χ4v) is 3.53. The number of imidazole rings is 2. The maximum atomic E-state index is 9.16. The van der Waals surface area contributed by atoms with Crippen molar-refractivity contribution in [3.05, 3.63) is 54.1 Å². The standard InChI is InChI=1S/C19H15ClN4O3/c20-14-9-18-17(26-11-27-18)8-13(14)19-21-3-4-24(19)12-1-2-16-15(7-12)22-10-23(16)5-6-25/h1-4,7-10,25H,5-6,11H2. The minimum absolute atomic E-state index is 0.0709. The summed E-state index contributed by atoms with van der Waals surface area (Å²) in [5, 5.41) is 9.71. The van der Waals surface area contributed by atoms with Gasteiger partial charge in [0.05, 0.1) is 29.0 Å². The van der Waals surface area contributed by atoms with Crippen LogP contribution in [0.25, 0.3) is 28.1 Å². The number of fused-ring (bicyclic) bond motifs is 2. The number of ether oxygens (including phenoxy) is 2. The summed E-state index contributed by atoms with van der Waals surface area (Å²) in [6, 6.07) is 9.55. The van der Waals surface area contributed by atoms with Crippen LogP contribution in [-0.4, -0.2) is 37.6 Å². The van der Waals surface area contributed by atoms with Crippen molar-refractivity contribution < 1.29 is 14.6 Å². The molecule has 0 unspecified atom stereocenters. The molecule has 27 heavy (non-hydrogen) atoms. The average Bonchev–Trinajstić information content (AvgIpc) is 3.40. The molecule has 3 heterocycles. The fraction of sp³-hybridized carbons (Fsp3) is 0.158. The molecule has 0 amide bonds. The number of hydrogen-bond donors (Lipinski definition) is 1. The van der Waals surface area contributed by atoms with Gasteiger partial charge < -0.3 is 19.1 Å². The molecule has 0 spiro atoms. The molecule has 136 valence electrons. The van der Waals surface area contributed by atoms with E-state index < -0.39 is 0 Å². The lowest BCUT2D eigenvalue weighted by Gasteiger charge is -2.10. The molecule has 0 saturated heterocycles. The lowest BCUT2D eigenvalue weighted by Crippen LogP contribution is -2.00. The zero-order valence-electron chi connectivity index (χ0n) is 14.2. The van der Waals surface area contributed by atoms with Crippen molar-refractivity contribution in [3.8, 4) is 28.6 Å². The highest BCUT2D eigenvalue weighted by atomic mass is 35.5. The van der Waals surface area contributed by atoms with E-state index in [2.05, 4.69) is 9.97 Å². The van der Waals surface area contributed by atoms with Gasteiger partial charge in [0.25, 0.3) is 0 Å². The van der Waals surface area contributed by atoms with Crippen molar-refractivity contribution in [1.29, 1.82) is 0 Å². The summed E-state index contributed by atoms with van der Waals surface area (Å²) in [6.07, 6.45) is 5.33. The molecule has 2 aromatic carbocycles. The van der Waals surface area contributed by atoms with Crippen molar-refractivity contribution in [2.24, 2.45) is 0 Å². The van der Waals surface area contributed by atoms with E-state index >= 15 is 0 Å². The highest BCUT2D eigenvalue weighted by Crippen LogP contribution is 2.41. The molecule has 0 saturated carbocycles. The van der Waals surface area contributed by atoms with E-state index in [9.17, 15) is 0 Å². The van der Waals surface area contributed by atoms with Gasteiger partial charge in [-0.2, -0.15) is 0 Å². The number of aliphatic hydroxyl groups is 1. The van der Waals surface area contributed by atoms with Crippen molar-refractivity contribution in [1.82, 2.24) is 19.1 Å². The first kappa shape index (κ1) is 16.2. The zero-order valence-corrected chi connectivity index (χ0v) is 14.9. The van der Waals surface area contributed by atoms with Crippen LogP contribution in [0, 0.1) is 0 Å². The Balaban J connectivity index is 1.60. The van der Waals surface area contributed by atoms with E-state index in [4.69, 9.17) is 26.2 Å². The van der Waals surface area contributed by atoms with Crippen molar-refractivity contribution in [2.45, 2.75) is 6.54 Å². The molecule has 0 bridgehead atoms. The van der Waals surface area contributed by atoms with E-state index in [0.717, 1.165) is 22.3 Å². The van der Waals surface area contributed by atoms with Crippen LogP contribution in [0.2, 0.25) is 5.02 Å². The van der Waals surface area contributed by atoms with Crippen LogP contribution >= 0.6 is 11.6 Å². The van der Waals surface area contributed by atoms with Crippen molar-refractivity contribution in [3.63, 3.8) is 0 Å². The predicted octanol–water partition coefficient (Wildman–Crippen LogP) is 3.26. The Hall–Kier alpha value is -3.03. The molecule has 1 N–H and O–H groups in total. The molecule has 8 heteroatoms. The van der Waals surface area contributed by atoms with Gasteiger partial charge in [0, 0.05) is 36.3 Å². The van der Waals surface area contributed by atoms with Crippen LogP contribution in [0.4, 0.5) is 0 Å². The number of hydrogen-bond acceptors (Lipinski definition) is 5. The smallest absolute Gasteiger partial charge is 0.231 e. The monoisotopic (exact) mass is 382 g/mol. The van der Waals surface area contributed by atoms with Gasteiger partial charge in [0.1, 0.15) is 5.82 Å². The van der Waals surface area contributed by atoms with Crippen LogP contribution in [0.5, 0.6) is 11.5 Å². The highest BCUT2D eigenvalue weighted by molar-refractivity contribution is 6.33. The third-order valence-corrected chi connectivity index (χ3v) is 4.88. The first-order valence-corrected chi connectivity index (χ1v) is 8.81. The Kier molecular flexibility index (Phi) is 3.77. The van der Waals surface area contributed by atoms with Crippen LogP contribution < -0.4 is 9.47 Å². The van der Waals surface area contributed by atoms with Crippen LogP contribution in [0.3, 0.4) is 0 Å². The summed E-state index contributed by atoms with van der Waals surface area (Å²) in [5.74, 6) is 1.99. The van der Waals surface area contributed by atoms with E-state index in [1.165, 1.54) is 0 Å². The topological polar surface area (TPSA) is 74.3 Å². The third-order valence-electron chi connectivity index (χ3n) is 4.57. The number of aliphatic hydroxyl groups excluding tert-OH is 1. The van der Waals surface area contributed by atoms with Crippen LogP contribution in [-0.2, 0) is 6.54 Å². The Morgan fingerprint density at radius 1 is 1.11 bits per heavy atom. The lowest BCUT2D eigenvalue weighted by molar-refractivity contribution is 0.174. The Bertz CT molecular complexity index is 1150. The Labute approximate surface area is 159 Å². The fourth-order valence-electron chi connectivity index (χ4n) is 3.29. The lowest BCUT2D eigenvalue weighted by atomic mass is 10.1. The van der Waals surface area contributed by atoms with Gasteiger partial charge in [-0.15, -0.1) is 0 Å². The summed E-state index contributed by atoms with van der Waals surface area (Å²) in [7, 11) is 0. The third kappa shape index (κ3) is 2.63. The number of aromatic nitrogens is 4. The second-order valence-corrected chi connectivity index (χ2v) is 6.55. The van der Waals surface area contributed by atoms with Gasteiger partial charge in [-0.05, 0) is 24.3 Å². The number of halogens is 1. The van der Waals surface area contributed by atoms with Crippen LogP contribution in [0.1, 0.15) is 0 Å². The number of nitrogens with zero attached hydrogens (tertiary/aromatic N) is 4. The minimum atomic E-state index is 0.0709. The Morgan fingerprint density at radius 2 is 1.96 bits per heavy atom. The summed E-state index contributed by atoms with van der Waals surface area (Å²) in [4.78, 5) is 8.92. The second kappa shape index (κ2) is 6.29. The average molecular weight is 383 g/mol. The van der Waals surface area contributed by atoms with E-state index in [1.54, 1.807) is 18.6 Å². The molecule has 2 aromatic heterocycles. The first-order chi connectivity index (χ1) is 13.2. The van der Waals surface area contributed by atoms with Crippen molar-refractivity contribution in [2.75, 3.05) is 13.4 Å². The Morgan fingerprint density at radius 3 is 2.81 bits per heavy atom. The molecular formula is C19H15ClN4O3. The summed E-state index contributed by atoms with van der Waals surface area (Å²) < 4.78 is 14.7. The van der Waals surface area contributed by atoms with E-state index in [1.807, 2.05) is 39.6 Å². The molecule has 7 nitrogen and oxygen atoms in total. The molecule has 1 aliphatic heterocycles. The largest absolute Gasteiger partial charge is 0.454 e. The van der Waals surface area contributed by atoms with Gasteiger partial charge in [0.2, 0.25) is 6.79 Å². The summed E-state index contributed by atoms with van der Waals surface area (Å²) in [6.45, 7) is 0.775. The molecule has 5 rings (SSSR count). The second-order valence-electron chi connectivity index (χ2n) is 6.14. The molecule has 0 aliphatic carbocycles. The summed E-state index contributed by atoms with van der Waals surface area (Å²) in [5.41, 5.74) is 3.49. The predicted molar refractivity (Wildman–Crippen MR) is 101 cm³/mol. The van der Waals surface area contributed by atoms with Gasteiger partial charge in [-0.3, -0.25) is 4.57 Å². The maximum absolute atomic E-state index is 9.16. The molecule has 0 fully saturated rings. The first-order valence-electron chi connectivity index (χ1n) is 8.43. The minimum Gasteiger partial charge on any atom is -0.454 e. The van der Waals surface area contributed by atoms with Gasteiger partial charge in [-0.1, -0.05) is 11.6 Å². The number of benzene rings is 2. The molecule has 0 radical (unpaired) electrons. The number of rotatable bonds is 4. The quantitative estimate of drug-likeness (QED) is 0.586. The molecular weight excluding hydrogens is 368 g/mol. The van der Waals surface area contributed by atoms with Gasteiger partial charge in [-0.25, -0.2) is 9.97 Å². The maximum Gasteiger partial charge on any atom is 0.231 e. The summed E-state index contributed by atoms with van der Waals surface area (Å²) >= 11 is 6.46. The normalized spacial score (nSPS) is 12.8. The van der Waals surface area contributed by atoms with E-state index in [0.29, 0.717) is 28.9 Å². The molecule has 0 atom stereocenters. The molecule has 1 aliphatic rings. The van der Waals surface area contributed by atoms with Gasteiger partial charge >= 0.3 is 0 Å².